The summed E-state index contributed by atoms with van der Waals surface area (Å²) in [6, 6.07) is 7.53. The molecule has 1 unspecified atom stereocenters. The van der Waals surface area contributed by atoms with E-state index in [0.717, 1.165) is 29.5 Å². The topological polar surface area (TPSA) is 59.4 Å². The molecule has 1 aliphatic heterocycles. The average Bonchev–Trinajstić information content (AvgIpc) is 3.17. The van der Waals surface area contributed by atoms with Crippen LogP contribution in [-0.2, 0) is 18.3 Å². The van der Waals surface area contributed by atoms with Crippen LogP contribution in [-0.4, -0.2) is 46.8 Å². The van der Waals surface area contributed by atoms with E-state index in [1.54, 1.807) is 10.9 Å². The molecule has 0 bridgehead atoms. The quantitative estimate of drug-likeness (QED) is 0.839. The number of rotatable bonds is 7. The van der Waals surface area contributed by atoms with E-state index in [4.69, 9.17) is 4.74 Å². The Labute approximate surface area is 148 Å². The Bertz CT molecular complexity index is 696. The minimum absolute atomic E-state index is 0.0511. The van der Waals surface area contributed by atoms with Crippen molar-refractivity contribution in [3.63, 3.8) is 0 Å². The molecule has 2 aromatic rings. The normalized spacial score (nSPS) is 17.6. The zero-order chi connectivity index (χ0) is 17.6. The van der Waals surface area contributed by atoms with Gasteiger partial charge in [-0.15, -0.1) is 0 Å². The highest BCUT2D eigenvalue weighted by atomic mass is 16.5. The van der Waals surface area contributed by atoms with E-state index >= 15 is 0 Å². The number of hydrogen-bond donors (Lipinski definition) is 1. The van der Waals surface area contributed by atoms with Crippen molar-refractivity contribution >= 4 is 11.6 Å². The first-order valence-corrected chi connectivity index (χ1v) is 8.81. The molecule has 2 heterocycles. The number of aromatic nitrogens is 2. The number of carbonyl (C=O) groups excluding carboxylic acids is 1. The van der Waals surface area contributed by atoms with Gasteiger partial charge >= 0.3 is 0 Å². The highest BCUT2D eigenvalue weighted by Gasteiger charge is 2.17. The summed E-state index contributed by atoms with van der Waals surface area (Å²) in [5.41, 5.74) is 1.67. The van der Waals surface area contributed by atoms with Gasteiger partial charge < -0.3 is 10.1 Å². The summed E-state index contributed by atoms with van der Waals surface area (Å²) in [5.74, 6) is 1.58. The van der Waals surface area contributed by atoms with Crippen molar-refractivity contribution in [2.24, 2.45) is 13.0 Å². The summed E-state index contributed by atoms with van der Waals surface area (Å²) in [7, 11) is 1.84. The van der Waals surface area contributed by atoms with E-state index in [9.17, 15) is 4.79 Å². The van der Waals surface area contributed by atoms with E-state index in [1.165, 1.54) is 19.5 Å². The summed E-state index contributed by atoms with van der Waals surface area (Å²) in [6.45, 7) is 6.30. The minimum Gasteiger partial charge on any atom is -0.492 e. The van der Waals surface area contributed by atoms with Gasteiger partial charge in [-0.3, -0.25) is 14.4 Å². The molecule has 25 heavy (non-hydrogen) atoms. The molecule has 0 spiro atoms. The molecule has 1 N–H and O–H groups in total. The Morgan fingerprint density at radius 2 is 2.16 bits per heavy atom. The second-order valence-electron chi connectivity index (χ2n) is 6.81. The molecule has 6 nitrogen and oxygen atoms in total. The number of hydrogen-bond acceptors (Lipinski definition) is 4. The van der Waals surface area contributed by atoms with Crippen LogP contribution in [0.25, 0.3) is 0 Å². The second-order valence-corrected chi connectivity index (χ2v) is 6.81. The first-order valence-electron chi connectivity index (χ1n) is 8.81. The van der Waals surface area contributed by atoms with Crippen LogP contribution in [0.3, 0.4) is 0 Å². The lowest BCUT2D eigenvalue weighted by atomic mass is 10.2. The Balaban J connectivity index is 1.41. The van der Waals surface area contributed by atoms with Gasteiger partial charge in [-0.25, -0.2) is 0 Å². The van der Waals surface area contributed by atoms with Crippen molar-refractivity contribution in [3.8, 4) is 5.75 Å². The summed E-state index contributed by atoms with van der Waals surface area (Å²) < 4.78 is 7.49. The summed E-state index contributed by atoms with van der Waals surface area (Å²) in [5, 5.41) is 6.96. The molecule has 0 saturated carbocycles. The number of amides is 1. The van der Waals surface area contributed by atoms with Gasteiger partial charge in [0.05, 0.1) is 12.6 Å². The fourth-order valence-corrected chi connectivity index (χ4v) is 3.11. The first kappa shape index (κ1) is 17.5. The molecule has 1 aliphatic rings. The summed E-state index contributed by atoms with van der Waals surface area (Å²) in [4.78, 5) is 14.5. The Kier molecular flexibility index (Phi) is 5.71. The van der Waals surface area contributed by atoms with Gasteiger partial charge in [0.25, 0.3) is 0 Å². The third kappa shape index (κ3) is 5.32. The van der Waals surface area contributed by atoms with Crippen molar-refractivity contribution in [1.29, 1.82) is 0 Å². The standard InChI is InChI=1S/C19H26N4O2/c1-15-7-8-23(13-15)9-10-25-18-5-3-17(4-6-18)21-19(24)11-16-12-20-22(2)14-16/h3-6,12,14-15H,7-11,13H2,1-2H3,(H,21,24). The Morgan fingerprint density at radius 1 is 1.36 bits per heavy atom. The van der Waals surface area contributed by atoms with E-state index in [1.807, 2.05) is 37.5 Å². The van der Waals surface area contributed by atoms with Gasteiger partial charge in [0.15, 0.2) is 0 Å². The highest BCUT2D eigenvalue weighted by molar-refractivity contribution is 5.92. The number of nitrogens with zero attached hydrogens (tertiary/aromatic N) is 3. The maximum atomic E-state index is 12.0. The van der Waals surface area contributed by atoms with Crippen molar-refractivity contribution < 1.29 is 9.53 Å². The van der Waals surface area contributed by atoms with Crippen LogP contribution in [0.4, 0.5) is 5.69 Å². The molecule has 0 aliphatic carbocycles. The van der Waals surface area contributed by atoms with E-state index in [2.05, 4.69) is 22.2 Å². The predicted molar refractivity (Wildman–Crippen MR) is 97.7 cm³/mol. The Hall–Kier alpha value is -2.34. The smallest absolute Gasteiger partial charge is 0.228 e. The lowest BCUT2D eigenvalue weighted by Crippen LogP contribution is -2.25. The molecule has 1 amide bonds. The molecule has 3 rings (SSSR count). The lowest BCUT2D eigenvalue weighted by Gasteiger charge is -2.15. The van der Waals surface area contributed by atoms with Crippen LogP contribution < -0.4 is 10.1 Å². The van der Waals surface area contributed by atoms with Crippen LogP contribution in [0.2, 0.25) is 0 Å². The third-order valence-corrected chi connectivity index (χ3v) is 4.45. The Morgan fingerprint density at radius 3 is 2.80 bits per heavy atom. The van der Waals surface area contributed by atoms with Crippen molar-refractivity contribution in [2.45, 2.75) is 19.8 Å². The molecule has 1 fully saturated rings. The van der Waals surface area contributed by atoms with Crippen LogP contribution in [0.5, 0.6) is 5.75 Å². The molecule has 1 aromatic heterocycles. The van der Waals surface area contributed by atoms with Gasteiger partial charge in [-0.2, -0.15) is 5.10 Å². The van der Waals surface area contributed by atoms with E-state index in [0.29, 0.717) is 13.0 Å². The number of anilines is 1. The number of nitrogens with one attached hydrogen (secondary N) is 1. The number of carbonyl (C=O) groups is 1. The summed E-state index contributed by atoms with van der Waals surface area (Å²) in [6.07, 6.45) is 5.16. The van der Waals surface area contributed by atoms with Crippen molar-refractivity contribution in [1.82, 2.24) is 14.7 Å². The molecular weight excluding hydrogens is 316 g/mol. The van der Waals surface area contributed by atoms with Crippen LogP contribution in [0, 0.1) is 5.92 Å². The fraction of sp³-hybridized carbons (Fsp3) is 0.474. The van der Waals surface area contributed by atoms with Crippen LogP contribution >= 0.6 is 0 Å². The molecular formula is C19H26N4O2. The molecule has 6 heteroatoms. The second kappa shape index (κ2) is 8.16. The summed E-state index contributed by atoms with van der Waals surface area (Å²) >= 11 is 0. The third-order valence-electron chi connectivity index (χ3n) is 4.45. The monoisotopic (exact) mass is 342 g/mol. The van der Waals surface area contributed by atoms with Crippen molar-refractivity contribution in [3.05, 3.63) is 42.2 Å². The van der Waals surface area contributed by atoms with E-state index in [-0.39, 0.29) is 5.91 Å². The molecule has 1 atom stereocenters. The highest BCUT2D eigenvalue weighted by Crippen LogP contribution is 2.17. The van der Waals surface area contributed by atoms with E-state index < -0.39 is 0 Å². The fourth-order valence-electron chi connectivity index (χ4n) is 3.11. The zero-order valence-corrected chi connectivity index (χ0v) is 14.9. The molecule has 1 saturated heterocycles. The molecule has 1 aromatic carbocycles. The largest absolute Gasteiger partial charge is 0.492 e. The van der Waals surface area contributed by atoms with Gasteiger partial charge in [-0.05, 0) is 48.7 Å². The van der Waals surface area contributed by atoms with Gasteiger partial charge in [-0.1, -0.05) is 6.92 Å². The number of benzene rings is 1. The SMILES string of the molecule is CC1CCN(CCOc2ccc(NC(=O)Cc3cnn(C)c3)cc2)C1. The van der Waals surface area contributed by atoms with Crippen LogP contribution in [0.15, 0.2) is 36.7 Å². The number of ether oxygens (including phenoxy) is 1. The number of aryl methyl sites for hydroxylation is 1. The van der Waals surface area contributed by atoms with Gasteiger partial charge in [0.2, 0.25) is 5.91 Å². The van der Waals surface area contributed by atoms with Crippen molar-refractivity contribution in [2.75, 3.05) is 31.6 Å². The lowest BCUT2D eigenvalue weighted by molar-refractivity contribution is -0.115. The maximum Gasteiger partial charge on any atom is 0.228 e. The zero-order valence-electron chi connectivity index (χ0n) is 14.9. The predicted octanol–water partition coefficient (Wildman–Crippen LogP) is 2.32. The maximum absolute atomic E-state index is 12.0. The molecule has 0 radical (unpaired) electrons. The van der Waals surface area contributed by atoms with Crippen LogP contribution in [0.1, 0.15) is 18.9 Å². The first-order chi connectivity index (χ1) is 12.1. The minimum atomic E-state index is -0.0511. The average molecular weight is 342 g/mol. The number of likely N-dealkylation sites (tertiary alicyclic amines) is 1. The van der Waals surface area contributed by atoms with Gasteiger partial charge in [0, 0.05) is 32.0 Å². The van der Waals surface area contributed by atoms with Gasteiger partial charge in [0.1, 0.15) is 12.4 Å². The molecule has 134 valence electrons.